The summed E-state index contributed by atoms with van der Waals surface area (Å²) in [6.07, 6.45) is 4.63. The van der Waals surface area contributed by atoms with Crippen LogP contribution in [0.2, 0.25) is 0 Å². The number of likely N-dealkylation sites (N-methyl/N-ethyl adjacent to an activating group) is 1. The molecule has 1 aliphatic heterocycles. The minimum Gasteiger partial charge on any atom is -0.304 e. The lowest BCUT2D eigenvalue weighted by atomic mass is 9.72. The first-order chi connectivity index (χ1) is 8.57. The van der Waals surface area contributed by atoms with E-state index in [4.69, 9.17) is 0 Å². The van der Waals surface area contributed by atoms with Crippen LogP contribution in [0.15, 0.2) is 0 Å². The molecule has 1 aliphatic carbocycles. The molecular weight excluding hydrogens is 222 g/mol. The summed E-state index contributed by atoms with van der Waals surface area (Å²) in [5, 5.41) is 9.68. The predicted octanol–water partition coefficient (Wildman–Crippen LogP) is 2.34. The highest BCUT2D eigenvalue weighted by Gasteiger charge is 2.41. The first-order valence-corrected chi connectivity index (χ1v) is 7.42. The standard InChI is InChI=1S/C15H27N3/c1-13(2)14-4-6-15(12-16,7-5-14)18-10-8-17(3)9-11-18/h13-14H,4-11H2,1-3H3. The van der Waals surface area contributed by atoms with Crippen molar-refractivity contribution in [2.75, 3.05) is 33.2 Å². The predicted molar refractivity (Wildman–Crippen MR) is 74.2 cm³/mol. The van der Waals surface area contributed by atoms with Gasteiger partial charge >= 0.3 is 0 Å². The van der Waals surface area contributed by atoms with Crippen LogP contribution in [0.25, 0.3) is 0 Å². The van der Waals surface area contributed by atoms with Crippen molar-refractivity contribution >= 4 is 0 Å². The Morgan fingerprint density at radius 1 is 1.11 bits per heavy atom. The number of nitriles is 1. The molecule has 0 aromatic carbocycles. The van der Waals surface area contributed by atoms with Crippen molar-refractivity contribution in [1.29, 1.82) is 5.26 Å². The van der Waals surface area contributed by atoms with Gasteiger partial charge in [0.05, 0.1) is 6.07 Å². The molecule has 1 heterocycles. The molecule has 0 radical (unpaired) electrons. The Bertz CT molecular complexity index is 302. The Morgan fingerprint density at radius 3 is 2.11 bits per heavy atom. The maximum Gasteiger partial charge on any atom is 0.109 e. The van der Waals surface area contributed by atoms with Gasteiger partial charge in [-0.3, -0.25) is 4.90 Å². The molecule has 2 fully saturated rings. The van der Waals surface area contributed by atoms with Crippen LogP contribution >= 0.6 is 0 Å². The summed E-state index contributed by atoms with van der Waals surface area (Å²) in [4.78, 5) is 4.82. The molecule has 0 aromatic rings. The molecule has 0 amide bonds. The van der Waals surface area contributed by atoms with Gasteiger partial charge in [-0.15, -0.1) is 0 Å². The van der Waals surface area contributed by atoms with Crippen molar-refractivity contribution in [3.8, 4) is 6.07 Å². The summed E-state index contributed by atoms with van der Waals surface area (Å²) in [5.41, 5.74) is -0.146. The molecule has 0 N–H and O–H groups in total. The number of piperazine rings is 1. The van der Waals surface area contributed by atoms with Gasteiger partial charge in [-0.05, 0) is 44.6 Å². The van der Waals surface area contributed by atoms with Crippen molar-refractivity contribution in [1.82, 2.24) is 9.80 Å². The molecular formula is C15H27N3. The van der Waals surface area contributed by atoms with Crippen LogP contribution in [0.3, 0.4) is 0 Å². The Morgan fingerprint density at radius 2 is 1.67 bits per heavy atom. The zero-order valence-electron chi connectivity index (χ0n) is 12.2. The normalized spacial score (nSPS) is 35.6. The second-order valence-corrected chi connectivity index (χ2v) is 6.52. The Labute approximate surface area is 112 Å². The van der Waals surface area contributed by atoms with E-state index in [1.165, 1.54) is 12.8 Å². The van der Waals surface area contributed by atoms with Crippen LogP contribution in [-0.2, 0) is 0 Å². The monoisotopic (exact) mass is 249 g/mol. The number of rotatable bonds is 2. The highest BCUT2D eigenvalue weighted by molar-refractivity contribution is 5.11. The van der Waals surface area contributed by atoms with E-state index in [0.29, 0.717) is 0 Å². The Kier molecular flexibility index (Phi) is 4.29. The lowest BCUT2D eigenvalue weighted by Crippen LogP contribution is -2.57. The lowest BCUT2D eigenvalue weighted by Gasteiger charge is -2.47. The summed E-state index contributed by atoms with van der Waals surface area (Å²) in [6.45, 7) is 8.99. The molecule has 0 unspecified atom stereocenters. The maximum atomic E-state index is 9.68. The van der Waals surface area contributed by atoms with Crippen LogP contribution < -0.4 is 0 Å². The van der Waals surface area contributed by atoms with Gasteiger partial charge in [0, 0.05) is 26.2 Å². The highest BCUT2D eigenvalue weighted by Crippen LogP contribution is 2.39. The molecule has 0 spiro atoms. The summed E-state index contributed by atoms with van der Waals surface area (Å²) in [5.74, 6) is 1.60. The molecule has 18 heavy (non-hydrogen) atoms. The maximum absolute atomic E-state index is 9.68. The molecule has 2 aliphatic rings. The second kappa shape index (κ2) is 5.59. The summed E-state index contributed by atoms with van der Waals surface area (Å²) < 4.78 is 0. The number of hydrogen-bond donors (Lipinski definition) is 0. The smallest absolute Gasteiger partial charge is 0.109 e. The topological polar surface area (TPSA) is 30.3 Å². The van der Waals surface area contributed by atoms with E-state index in [2.05, 4.69) is 36.8 Å². The van der Waals surface area contributed by atoms with Crippen LogP contribution in [0.5, 0.6) is 0 Å². The second-order valence-electron chi connectivity index (χ2n) is 6.52. The average molecular weight is 249 g/mol. The number of hydrogen-bond acceptors (Lipinski definition) is 3. The molecule has 1 saturated carbocycles. The molecule has 0 atom stereocenters. The molecule has 0 bridgehead atoms. The van der Waals surface area contributed by atoms with E-state index in [1.807, 2.05) is 0 Å². The fraction of sp³-hybridized carbons (Fsp3) is 0.933. The molecule has 3 heteroatoms. The van der Waals surface area contributed by atoms with Gasteiger partial charge in [0.1, 0.15) is 5.54 Å². The molecule has 102 valence electrons. The van der Waals surface area contributed by atoms with E-state index in [-0.39, 0.29) is 5.54 Å². The molecule has 2 rings (SSSR count). The molecule has 1 saturated heterocycles. The van der Waals surface area contributed by atoms with Crippen molar-refractivity contribution in [2.24, 2.45) is 11.8 Å². The van der Waals surface area contributed by atoms with Crippen molar-refractivity contribution in [3.63, 3.8) is 0 Å². The summed E-state index contributed by atoms with van der Waals surface area (Å²) in [7, 11) is 2.17. The lowest BCUT2D eigenvalue weighted by molar-refractivity contribution is 0.0341. The van der Waals surface area contributed by atoms with Crippen molar-refractivity contribution < 1.29 is 0 Å². The third-order valence-electron chi connectivity index (χ3n) is 5.12. The average Bonchev–Trinajstić information content (AvgIpc) is 2.39. The largest absolute Gasteiger partial charge is 0.304 e. The van der Waals surface area contributed by atoms with E-state index in [1.54, 1.807) is 0 Å². The van der Waals surface area contributed by atoms with Gasteiger partial charge < -0.3 is 4.90 Å². The van der Waals surface area contributed by atoms with Crippen molar-refractivity contribution in [3.05, 3.63) is 0 Å². The van der Waals surface area contributed by atoms with E-state index in [0.717, 1.165) is 50.9 Å². The Balaban J connectivity index is 1.98. The van der Waals surface area contributed by atoms with Gasteiger partial charge in [0.15, 0.2) is 0 Å². The SMILES string of the molecule is CC(C)C1CCC(C#N)(N2CCN(C)CC2)CC1. The van der Waals surface area contributed by atoms with Gasteiger partial charge in [-0.1, -0.05) is 13.8 Å². The Hall–Kier alpha value is -0.590. The highest BCUT2D eigenvalue weighted by atomic mass is 15.3. The van der Waals surface area contributed by atoms with Crippen molar-refractivity contribution in [2.45, 2.75) is 45.1 Å². The van der Waals surface area contributed by atoms with E-state index >= 15 is 0 Å². The third kappa shape index (κ3) is 2.70. The minimum absolute atomic E-state index is 0.146. The summed E-state index contributed by atoms with van der Waals surface area (Å²) >= 11 is 0. The summed E-state index contributed by atoms with van der Waals surface area (Å²) in [6, 6.07) is 2.67. The van der Waals surface area contributed by atoms with Crippen LogP contribution in [-0.4, -0.2) is 48.6 Å². The number of nitrogens with zero attached hydrogens (tertiary/aromatic N) is 3. The van der Waals surface area contributed by atoms with Gasteiger partial charge in [0.25, 0.3) is 0 Å². The van der Waals surface area contributed by atoms with Gasteiger partial charge in [-0.2, -0.15) is 5.26 Å². The minimum atomic E-state index is -0.146. The molecule has 3 nitrogen and oxygen atoms in total. The van der Waals surface area contributed by atoms with Gasteiger partial charge in [0.2, 0.25) is 0 Å². The first-order valence-electron chi connectivity index (χ1n) is 7.42. The van der Waals surface area contributed by atoms with Crippen LogP contribution in [0.1, 0.15) is 39.5 Å². The molecule has 0 aromatic heterocycles. The first kappa shape index (κ1) is 13.8. The van der Waals surface area contributed by atoms with Crippen LogP contribution in [0.4, 0.5) is 0 Å². The van der Waals surface area contributed by atoms with E-state index < -0.39 is 0 Å². The zero-order valence-corrected chi connectivity index (χ0v) is 12.2. The fourth-order valence-corrected chi connectivity index (χ4v) is 3.52. The fourth-order valence-electron chi connectivity index (χ4n) is 3.52. The van der Waals surface area contributed by atoms with E-state index in [9.17, 15) is 5.26 Å². The zero-order chi connectivity index (χ0) is 13.2. The quantitative estimate of drug-likeness (QED) is 0.752. The van der Waals surface area contributed by atoms with Gasteiger partial charge in [-0.25, -0.2) is 0 Å². The van der Waals surface area contributed by atoms with Crippen LogP contribution in [0, 0.1) is 23.2 Å². The third-order valence-corrected chi connectivity index (χ3v) is 5.12.